The van der Waals surface area contributed by atoms with Crippen LogP contribution in [-0.2, 0) is 14.3 Å². The molecule has 0 saturated carbocycles. The van der Waals surface area contributed by atoms with Gasteiger partial charge in [0.15, 0.2) is 0 Å². The number of carbonyl (C=O) groups is 2. The van der Waals surface area contributed by atoms with Crippen molar-refractivity contribution in [1.82, 2.24) is 0 Å². The molecule has 0 aromatic rings. The zero-order chi connectivity index (χ0) is 18.2. The van der Waals surface area contributed by atoms with Gasteiger partial charge in [-0.2, -0.15) is 0 Å². The number of aliphatic carboxylic acids is 1. The fourth-order valence-corrected chi connectivity index (χ4v) is 2.72. The third-order valence-corrected chi connectivity index (χ3v) is 4.31. The molecule has 0 aromatic carbocycles. The van der Waals surface area contributed by atoms with Gasteiger partial charge in [-0.15, -0.1) is 0 Å². The number of unbranched alkanes of at least 4 members (excludes halogenated alkanes) is 4. The minimum atomic E-state index is -0.742. The van der Waals surface area contributed by atoms with Gasteiger partial charge in [-0.1, -0.05) is 39.0 Å². The standard InChI is InChI=1S/C19H36O5/c1-3-4-14-24-15-18(21)12-9-11-17(16(2)20)10-7-5-6-8-13-19(22)23/h17-18,21H,3-15H2,1-2H3,(H,22,23). The second-order valence-corrected chi connectivity index (χ2v) is 6.67. The van der Waals surface area contributed by atoms with Crippen molar-refractivity contribution in [2.24, 2.45) is 5.92 Å². The second kappa shape index (κ2) is 15.6. The first kappa shape index (κ1) is 23.1. The highest BCUT2D eigenvalue weighted by atomic mass is 16.5. The molecular formula is C19H36O5. The number of rotatable bonds is 17. The number of aliphatic hydroxyl groups excluding tert-OH is 1. The van der Waals surface area contributed by atoms with Crippen LogP contribution >= 0.6 is 0 Å². The van der Waals surface area contributed by atoms with E-state index in [1.165, 1.54) is 0 Å². The molecule has 0 aliphatic carbocycles. The molecule has 2 N–H and O–H groups in total. The van der Waals surface area contributed by atoms with E-state index in [1.54, 1.807) is 6.92 Å². The largest absolute Gasteiger partial charge is 0.481 e. The third-order valence-electron chi connectivity index (χ3n) is 4.31. The van der Waals surface area contributed by atoms with Crippen molar-refractivity contribution < 1.29 is 24.5 Å². The van der Waals surface area contributed by atoms with Gasteiger partial charge in [-0.05, 0) is 39.0 Å². The number of carboxylic acid groups (broad SMARTS) is 1. The van der Waals surface area contributed by atoms with Crippen LogP contribution in [0.4, 0.5) is 0 Å². The summed E-state index contributed by atoms with van der Waals surface area (Å²) < 4.78 is 5.40. The first-order chi connectivity index (χ1) is 11.5. The molecule has 0 rings (SSSR count). The second-order valence-electron chi connectivity index (χ2n) is 6.67. The zero-order valence-corrected chi connectivity index (χ0v) is 15.5. The average molecular weight is 344 g/mol. The lowest BCUT2D eigenvalue weighted by Crippen LogP contribution is -2.17. The fraction of sp³-hybridized carbons (Fsp3) is 0.895. The molecule has 5 heteroatoms. The van der Waals surface area contributed by atoms with Crippen molar-refractivity contribution in [2.45, 2.75) is 90.6 Å². The molecule has 2 atom stereocenters. The summed E-state index contributed by atoms with van der Waals surface area (Å²) in [5, 5.41) is 18.4. The van der Waals surface area contributed by atoms with E-state index in [2.05, 4.69) is 6.92 Å². The monoisotopic (exact) mass is 344 g/mol. The highest BCUT2D eigenvalue weighted by Crippen LogP contribution is 2.19. The molecule has 2 unspecified atom stereocenters. The van der Waals surface area contributed by atoms with Gasteiger partial charge in [-0.3, -0.25) is 9.59 Å². The molecule has 5 nitrogen and oxygen atoms in total. The molecule has 0 amide bonds. The minimum Gasteiger partial charge on any atom is -0.481 e. The highest BCUT2D eigenvalue weighted by molar-refractivity contribution is 5.78. The molecule has 0 heterocycles. The normalized spacial score (nSPS) is 13.6. The van der Waals surface area contributed by atoms with E-state index in [4.69, 9.17) is 9.84 Å². The van der Waals surface area contributed by atoms with Gasteiger partial charge in [0.2, 0.25) is 0 Å². The maximum absolute atomic E-state index is 11.7. The average Bonchev–Trinajstić information content (AvgIpc) is 2.52. The van der Waals surface area contributed by atoms with Gasteiger partial charge in [0, 0.05) is 18.9 Å². The van der Waals surface area contributed by atoms with E-state index < -0.39 is 12.1 Å². The maximum Gasteiger partial charge on any atom is 0.303 e. The Bertz CT molecular complexity index is 330. The fourth-order valence-electron chi connectivity index (χ4n) is 2.72. The summed E-state index contributed by atoms with van der Waals surface area (Å²) in [6.45, 7) is 4.83. The number of carbonyl (C=O) groups excluding carboxylic acids is 1. The van der Waals surface area contributed by atoms with E-state index in [-0.39, 0.29) is 18.1 Å². The Kier molecular flexibility index (Phi) is 15.0. The summed E-state index contributed by atoms with van der Waals surface area (Å²) in [4.78, 5) is 22.1. The van der Waals surface area contributed by atoms with Gasteiger partial charge in [0.25, 0.3) is 0 Å². The summed E-state index contributed by atoms with van der Waals surface area (Å²) in [6, 6.07) is 0. The van der Waals surface area contributed by atoms with Crippen molar-refractivity contribution in [3.8, 4) is 0 Å². The van der Waals surface area contributed by atoms with Gasteiger partial charge in [-0.25, -0.2) is 0 Å². The van der Waals surface area contributed by atoms with Gasteiger partial charge in [0.05, 0.1) is 12.7 Å². The Morgan fingerprint density at radius 3 is 2.25 bits per heavy atom. The summed E-state index contributed by atoms with van der Waals surface area (Å²) in [6.07, 6.45) is 8.66. The smallest absolute Gasteiger partial charge is 0.303 e. The van der Waals surface area contributed by atoms with Crippen LogP contribution in [0.3, 0.4) is 0 Å². The van der Waals surface area contributed by atoms with Crippen LogP contribution in [0.1, 0.15) is 84.5 Å². The van der Waals surface area contributed by atoms with Crippen molar-refractivity contribution >= 4 is 11.8 Å². The Morgan fingerprint density at radius 2 is 1.62 bits per heavy atom. The molecular weight excluding hydrogens is 308 g/mol. The molecule has 0 aliphatic heterocycles. The van der Waals surface area contributed by atoms with Gasteiger partial charge >= 0.3 is 5.97 Å². The van der Waals surface area contributed by atoms with Crippen LogP contribution in [0.2, 0.25) is 0 Å². The number of hydrogen-bond acceptors (Lipinski definition) is 4. The number of ketones is 1. The van der Waals surface area contributed by atoms with E-state index in [0.717, 1.165) is 51.4 Å². The van der Waals surface area contributed by atoms with Crippen molar-refractivity contribution in [3.63, 3.8) is 0 Å². The molecule has 142 valence electrons. The molecule has 24 heavy (non-hydrogen) atoms. The number of hydrogen-bond donors (Lipinski definition) is 2. The summed E-state index contributed by atoms with van der Waals surface area (Å²) >= 11 is 0. The Morgan fingerprint density at radius 1 is 0.958 bits per heavy atom. The van der Waals surface area contributed by atoms with Crippen LogP contribution in [0.25, 0.3) is 0 Å². The number of aliphatic hydroxyl groups is 1. The van der Waals surface area contributed by atoms with E-state index in [1.807, 2.05) is 0 Å². The Balaban J connectivity index is 3.72. The molecule has 0 radical (unpaired) electrons. The van der Waals surface area contributed by atoms with Gasteiger partial charge in [0.1, 0.15) is 5.78 Å². The lowest BCUT2D eigenvalue weighted by atomic mass is 9.91. The van der Waals surface area contributed by atoms with Crippen molar-refractivity contribution in [2.75, 3.05) is 13.2 Å². The van der Waals surface area contributed by atoms with Crippen LogP contribution in [-0.4, -0.2) is 41.3 Å². The first-order valence-corrected chi connectivity index (χ1v) is 9.45. The lowest BCUT2D eigenvalue weighted by Gasteiger charge is -2.15. The highest BCUT2D eigenvalue weighted by Gasteiger charge is 2.14. The number of ether oxygens (including phenoxy) is 1. The van der Waals surface area contributed by atoms with E-state index in [0.29, 0.717) is 26.1 Å². The molecule has 0 saturated heterocycles. The Hall–Kier alpha value is -0.940. The molecule has 0 spiro atoms. The quantitative estimate of drug-likeness (QED) is 0.390. The number of Topliss-reactive ketones (excluding diaryl/α,β-unsaturated/α-hetero) is 1. The summed E-state index contributed by atoms with van der Waals surface area (Å²) in [7, 11) is 0. The van der Waals surface area contributed by atoms with Crippen molar-refractivity contribution in [3.05, 3.63) is 0 Å². The molecule has 0 fully saturated rings. The van der Waals surface area contributed by atoms with Crippen LogP contribution < -0.4 is 0 Å². The molecule has 0 bridgehead atoms. The van der Waals surface area contributed by atoms with Crippen LogP contribution in [0, 0.1) is 5.92 Å². The summed E-state index contributed by atoms with van der Waals surface area (Å²) in [5.41, 5.74) is 0. The van der Waals surface area contributed by atoms with E-state index in [9.17, 15) is 14.7 Å². The molecule has 0 aromatic heterocycles. The van der Waals surface area contributed by atoms with Gasteiger partial charge < -0.3 is 14.9 Å². The summed E-state index contributed by atoms with van der Waals surface area (Å²) in [5.74, 6) is -0.458. The lowest BCUT2D eigenvalue weighted by molar-refractivity contribution is -0.137. The maximum atomic E-state index is 11.7. The molecule has 0 aliphatic rings. The topological polar surface area (TPSA) is 83.8 Å². The van der Waals surface area contributed by atoms with Crippen molar-refractivity contribution in [1.29, 1.82) is 0 Å². The van der Waals surface area contributed by atoms with Crippen LogP contribution in [0.15, 0.2) is 0 Å². The SMILES string of the molecule is CCCCOCC(O)CCCC(CCCCCCC(=O)O)C(C)=O. The zero-order valence-electron chi connectivity index (χ0n) is 15.5. The predicted molar refractivity (Wildman–Crippen MR) is 95.1 cm³/mol. The minimum absolute atomic E-state index is 0.0673. The number of carboxylic acids is 1. The third kappa shape index (κ3) is 14.6. The Labute approximate surface area is 146 Å². The van der Waals surface area contributed by atoms with Crippen LogP contribution in [0.5, 0.6) is 0 Å². The first-order valence-electron chi connectivity index (χ1n) is 9.45. The predicted octanol–water partition coefficient (Wildman–Crippen LogP) is 3.96. The van der Waals surface area contributed by atoms with E-state index >= 15 is 0 Å².